The van der Waals surface area contributed by atoms with Crippen molar-refractivity contribution < 1.29 is 8.78 Å². The first-order chi connectivity index (χ1) is 5.27. The first-order valence-corrected chi connectivity index (χ1v) is 3.57. The van der Waals surface area contributed by atoms with Gasteiger partial charge in [-0.2, -0.15) is 0 Å². The average Bonchev–Trinajstić information content (AvgIpc) is 2.70. The molecule has 0 saturated heterocycles. The van der Waals surface area contributed by atoms with E-state index in [0.717, 1.165) is 24.8 Å². The fraction of sp³-hybridized carbons (Fsp3) is 0.222. The number of hydrogen-bond donors (Lipinski definition) is 0. The molecule has 0 amide bonds. The third kappa shape index (κ3) is 1.25. The lowest BCUT2D eigenvalue weighted by Gasteiger charge is -1.98. The largest absolute Gasteiger partial charge is 0.207 e. The van der Waals surface area contributed by atoms with E-state index < -0.39 is 11.6 Å². The molecule has 0 nitrogen and oxygen atoms in total. The van der Waals surface area contributed by atoms with Gasteiger partial charge in [-0.15, -0.1) is 0 Å². The van der Waals surface area contributed by atoms with E-state index in [0.29, 0.717) is 5.56 Å². The van der Waals surface area contributed by atoms with Gasteiger partial charge in [-0.25, -0.2) is 8.78 Å². The molecule has 1 aromatic carbocycles. The Morgan fingerprint density at radius 3 is 2.36 bits per heavy atom. The summed E-state index contributed by atoms with van der Waals surface area (Å²) in [7, 11) is 0. The van der Waals surface area contributed by atoms with Crippen LogP contribution in [0.4, 0.5) is 8.78 Å². The fourth-order valence-electron chi connectivity index (χ4n) is 1.11. The van der Waals surface area contributed by atoms with E-state index in [1.165, 1.54) is 12.1 Å². The maximum Gasteiger partial charge on any atom is 0.129 e. The summed E-state index contributed by atoms with van der Waals surface area (Å²) < 4.78 is 25.3. The van der Waals surface area contributed by atoms with Gasteiger partial charge in [-0.1, -0.05) is 6.07 Å². The minimum absolute atomic E-state index is 0.433. The molecule has 0 heterocycles. The highest BCUT2D eigenvalue weighted by molar-refractivity contribution is 5.38. The Morgan fingerprint density at radius 2 is 1.82 bits per heavy atom. The Kier molecular flexibility index (Phi) is 1.41. The Hall–Kier alpha value is -0.920. The van der Waals surface area contributed by atoms with Crippen molar-refractivity contribution >= 4 is 0 Å². The van der Waals surface area contributed by atoms with Crippen LogP contribution in [-0.2, 0) is 0 Å². The molecule has 0 aliphatic heterocycles. The molecule has 0 unspecified atom stereocenters. The van der Waals surface area contributed by atoms with Crippen molar-refractivity contribution in [3.63, 3.8) is 0 Å². The topological polar surface area (TPSA) is 0 Å². The smallest absolute Gasteiger partial charge is 0.129 e. The molecule has 2 rings (SSSR count). The van der Waals surface area contributed by atoms with Crippen molar-refractivity contribution in [2.24, 2.45) is 0 Å². The second-order valence-electron chi connectivity index (χ2n) is 2.73. The monoisotopic (exact) mass is 153 g/mol. The van der Waals surface area contributed by atoms with Crippen LogP contribution in [-0.4, -0.2) is 0 Å². The van der Waals surface area contributed by atoms with Crippen LogP contribution in [0, 0.1) is 17.6 Å². The molecule has 0 N–H and O–H groups in total. The van der Waals surface area contributed by atoms with Gasteiger partial charge in [0.2, 0.25) is 0 Å². The molecule has 2 heteroatoms. The molecule has 1 saturated carbocycles. The Morgan fingerprint density at radius 1 is 1.09 bits per heavy atom. The predicted molar refractivity (Wildman–Crippen MR) is 37.9 cm³/mol. The third-order valence-electron chi connectivity index (χ3n) is 1.81. The Labute approximate surface area is 63.9 Å². The zero-order chi connectivity index (χ0) is 7.84. The lowest BCUT2D eigenvalue weighted by molar-refractivity contribution is 0.578. The van der Waals surface area contributed by atoms with Gasteiger partial charge in [0.15, 0.2) is 0 Å². The van der Waals surface area contributed by atoms with Crippen molar-refractivity contribution in [1.29, 1.82) is 0 Å². The second kappa shape index (κ2) is 2.29. The van der Waals surface area contributed by atoms with Gasteiger partial charge in [0, 0.05) is 12.0 Å². The van der Waals surface area contributed by atoms with Crippen molar-refractivity contribution in [2.75, 3.05) is 0 Å². The van der Waals surface area contributed by atoms with Gasteiger partial charge in [0.25, 0.3) is 0 Å². The van der Waals surface area contributed by atoms with Gasteiger partial charge in [0.1, 0.15) is 11.6 Å². The zero-order valence-electron chi connectivity index (χ0n) is 5.90. The molecule has 0 aromatic heterocycles. The number of benzene rings is 1. The summed E-state index contributed by atoms with van der Waals surface area (Å²) in [6.07, 6.45) is 1.92. The van der Waals surface area contributed by atoms with Crippen LogP contribution in [0.5, 0.6) is 0 Å². The summed E-state index contributed by atoms with van der Waals surface area (Å²) in [5.74, 6) is 0.160. The molecule has 1 radical (unpaired) electrons. The van der Waals surface area contributed by atoms with E-state index in [4.69, 9.17) is 0 Å². The zero-order valence-corrected chi connectivity index (χ0v) is 5.90. The Bertz CT molecular complexity index is 277. The van der Waals surface area contributed by atoms with Crippen LogP contribution >= 0.6 is 0 Å². The van der Waals surface area contributed by atoms with Crippen LogP contribution < -0.4 is 0 Å². The molecular formula is C9H7F2. The molecule has 1 fully saturated rings. The van der Waals surface area contributed by atoms with Crippen molar-refractivity contribution in [1.82, 2.24) is 0 Å². The number of halogens is 2. The fourth-order valence-corrected chi connectivity index (χ4v) is 1.11. The highest BCUT2D eigenvalue weighted by atomic mass is 19.1. The first-order valence-electron chi connectivity index (χ1n) is 3.57. The molecule has 0 atom stereocenters. The maximum absolute atomic E-state index is 12.9. The summed E-state index contributed by atoms with van der Waals surface area (Å²) in [5, 5.41) is 0. The van der Waals surface area contributed by atoms with Gasteiger partial charge < -0.3 is 0 Å². The third-order valence-corrected chi connectivity index (χ3v) is 1.81. The van der Waals surface area contributed by atoms with E-state index in [2.05, 4.69) is 0 Å². The van der Waals surface area contributed by atoms with Gasteiger partial charge in [0.05, 0.1) is 0 Å². The highest BCUT2D eigenvalue weighted by Crippen LogP contribution is 2.39. The van der Waals surface area contributed by atoms with E-state index in [9.17, 15) is 8.78 Å². The van der Waals surface area contributed by atoms with E-state index in [1.807, 2.05) is 0 Å². The summed E-state index contributed by atoms with van der Waals surface area (Å²) in [5.41, 5.74) is 0.589. The normalized spacial score (nSPS) is 16.9. The van der Waals surface area contributed by atoms with Crippen LogP contribution in [0.3, 0.4) is 0 Å². The molecule has 1 aliphatic rings. The van der Waals surface area contributed by atoms with E-state index >= 15 is 0 Å². The van der Waals surface area contributed by atoms with E-state index in [-0.39, 0.29) is 0 Å². The van der Waals surface area contributed by atoms with Crippen molar-refractivity contribution in [2.45, 2.75) is 12.8 Å². The summed E-state index contributed by atoms with van der Waals surface area (Å²) >= 11 is 0. The minimum Gasteiger partial charge on any atom is -0.207 e. The summed E-state index contributed by atoms with van der Waals surface area (Å²) in [6, 6.07) is 3.73. The van der Waals surface area contributed by atoms with Gasteiger partial charge >= 0.3 is 0 Å². The second-order valence-corrected chi connectivity index (χ2v) is 2.73. The molecular weight excluding hydrogens is 146 g/mol. The minimum atomic E-state index is -0.507. The van der Waals surface area contributed by atoms with Crippen molar-refractivity contribution in [3.8, 4) is 0 Å². The summed E-state index contributed by atoms with van der Waals surface area (Å²) in [6.45, 7) is 0. The highest BCUT2D eigenvalue weighted by Gasteiger charge is 2.27. The van der Waals surface area contributed by atoms with Crippen LogP contribution in [0.15, 0.2) is 18.2 Å². The molecule has 1 aromatic rings. The van der Waals surface area contributed by atoms with Crippen LogP contribution in [0.1, 0.15) is 18.4 Å². The standard InChI is InChI=1S/C9H7F2/c10-7-3-4-8(6-1-2-6)9(11)5-7/h3-5H,1-2H2. The molecule has 0 spiro atoms. The molecule has 0 bridgehead atoms. The SMILES string of the molecule is Fc1ccc([C]2CC2)c(F)c1. The molecule has 1 aliphatic carbocycles. The maximum atomic E-state index is 12.9. The number of hydrogen-bond acceptors (Lipinski definition) is 0. The average molecular weight is 153 g/mol. The van der Waals surface area contributed by atoms with E-state index in [1.54, 1.807) is 0 Å². The van der Waals surface area contributed by atoms with Crippen LogP contribution in [0.2, 0.25) is 0 Å². The lowest BCUT2D eigenvalue weighted by Crippen LogP contribution is -1.88. The van der Waals surface area contributed by atoms with Crippen LogP contribution in [0.25, 0.3) is 0 Å². The Balaban J connectivity index is 2.39. The van der Waals surface area contributed by atoms with Crippen molar-refractivity contribution in [3.05, 3.63) is 41.3 Å². The van der Waals surface area contributed by atoms with Gasteiger partial charge in [-0.3, -0.25) is 0 Å². The summed E-state index contributed by atoms with van der Waals surface area (Å²) in [4.78, 5) is 0. The quantitative estimate of drug-likeness (QED) is 0.581. The molecule has 11 heavy (non-hydrogen) atoms. The lowest BCUT2D eigenvalue weighted by atomic mass is 10.1. The number of rotatable bonds is 1. The molecule has 57 valence electrons. The first kappa shape index (κ1) is 6.77. The van der Waals surface area contributed by atoms with Gasteiger partial charge in [-0.05, 0) is 24.5 Å². The predicted octanol–water partition coefficient (Wildman–Crippen LogP) is 2.68.